The molecule has 2 aliphatic rings. The molecule has 0 N–H and O–H groups in total. The SMILES string of the molecule is CCCC(C)C1=[C-]CC=C1.CCCC(C)C1=[C-]CC=C1.CCCP(CCC)c1cc2ccccc2[cH-]1.CCCP(CCC)c1cc2ccccc2[cH-]1.[Cl-].[Cl-].[Zr+2].[Zr+2]. The van der Waals surface area contributed by atoms with Gasteiger partial charge in [-0.15, -0.1) is 93.5 Å². The Labute approximate surface area is 398 Å². The molecule has 0 saturated heterocycles. The predicted molar refractivity (Wildman–Crippen MR) is 242 cm³/mol. The van der Waals surface area contributed by atoms with Gasteiger partial charge < -0.3 is 24.8 Å². The van der Waals surface area contributed by atoms with Crippen molar-refractivity contribution in [3.8, 4) is 0 Å². The van der Waals surface area contributed by atoms with Crippen LogP contribution < -0.4 is 35.4 Å². The zero-order chi connectivity index (χ0) is 37.6. The molecular weight excluding hydrogens is 916 g/mol. The Kier molecular flexibility index (Phi) is 35.7. The van der Waals surface area contributed by atoms with Crippen molar-refractivity contribution < 1.29 is 77.2 Å². The maximum atomic E-state index is 3.35. The molecule has 56 heavy (non-hydrogen) atoms. The number of fused-ring (bicyclic) bond motifs is 2. The monoisotopic (exact) mass is 982 g/mol. The molecule has 2 aliphatic carbocycles. The minimum atomic E-state index is 0. The van der Waals surface area contributed by atoms with Gasteiger partial charge in [0.05, 0.1) is 0 Å². The first-order valence-electron chi connectivity index (χ1n) is 20.7. The number of halogens is 2. The Morgan fingerprint density at radius 2 is 0.875 bits per heavy atom. The summed E-state index contributed by atoms with van der Waals surface area (Å²) in [5, 5.41) is 8.88. The van der Waals surface area contributed by atoms with E-state index in [0.29, 0.717) is 0 Å². The normalized spacial score (nSPS) is 13.4. The summed E-state index contributed by atoms with van der Waals surface area (Å²) >= 11 is 0. The largest absolute Gasteiger partial charge is 2.00 e. The third kappa shape index (κ3) is 20.4. The topological polar surface area (TPSA) is 0 Å². The maximum Gasteiger partial charge on any atom is 2.00 e. The molecule has 6 rings (SSSR count). The first kappa shape index (κ1) is 57.9. The van der Waals surface area contributed by atoms with E-state index in [0.717, 1.165) is 24.7 Å². The molecule has 4 aromatic carbocycles. The summed E-state index contributed by atoms with van der Waals surface area (Å²) in [6.45, 7) is 18.2. The standard InChI is InChI=1S/2C15H20P.2C10H15.2ClH.2Zr/c2*1-3-9-16(10-4-2)15-11-13-7-5-6-8-14(13)12-15;2*1-3-6-9(2)10-7-4-5-8-10;;;;/h2*5-8,11-12H,3-4,9-10H2,1-2H3;2*4,7,9H,3,5-6H2,1-2H3;2*1H;;/q4*-1;;;2*+2/p-2. The number of benzene rings is 2. The molecule has 0 spiro atoms. The van der Waals surface area contributed by atoms with Gasteiger partial charge in [0.25, 0.3) is 0 Å². The molecule has 0 nitrogen and oxygen atoms in total. The zero-order valence-electron chi connectivity index (χ0n) is 35.9. The molecule has 0 aliphatic heterocycles. The van der Waals surface area contributed by atoms with Gasteiger partial charge in [0.15, 0.2) is 0 Å². The summed E-state index contributed by atoms with van der Waals surface area (Å²) in [6.07, 6.45) is 33.5. The number of allylic oxidation sites excluding steroid dienone is 8. The van der Waals surface area contributed by atoms with Crippen LogP contribution in [0.4, 0.5) is 0 Å². The summed E-state index contributed by atoms with van der Waals surface area (Å²) in [4.78, 5) is 0. The fraction of sp³-hybridized carbons (Fsp3) is 0.480. The molecule has 0 heterocycles. The molecule has 304 valence electrons. The van der Waals surface area contributed by atoms with Crippen molar-refractivity contribution >= 4 is 48.0 Å². The van der Waals surface area contributed by atoms with Gasteiger partial charge in [0.2, 0.25) is 0 Å². The van der Waals surface area contributed by atoms with E-state index in [-0.39, 0.29) is 93.1 Å². The summed E-state index contributed by atoms with van der Waals surface area (Å²) < 4.78 is 0. The molecule has 0 aromatic heterocycles. The fourth-order valence-corrected chi connectivity index (χ4v) is 12.1. The Bertz CT molecular complexity index is 1480. The van der Waals surface area contributed by atoms with Gasteiger partial charge in [-0.2, -0.15) is 24.3 Å². The predicted octanol–water partition coefficient (Wildman–Crippen LogP) is 9.20. The van der Waals surface area contributed by atoms with Gasteiger partial charge in [0, 0.05) is 0 Å². The molecule has 0 bridgehead atoms. The van der Waals surface area contributed by atoms with Crippen molar-refractivity contribution in [1.29, 1.82) is 0 Å². The van der Waals surface area contributed by atoms with Gasteiger partial charge in [0.1, 0.15) is 0 Å². The van der Waals surface area contributed by atoms with Crippen molar-refractivity contribution in [2.24, 2.45) is 11.8 Å². The van der Waals surface area contributed by atoms with Crippen LogP contribution in [0.15, 0.2) is 108 Å². The van der Waals surface area contributed by atoms with Gasteiger partial charge >= 0.3 is 52.4 Å². The number of hydrogen-bond acceptors (Lipinski definition) is 0. The second-order valence-electron chi connectivity index (χ2n) is 14.5. The van der Waals surface area contributed by atoms with Crippen LogP contribution in [0, 0.1) is 24.0 Å². The smallest absolute Gasteiger partial charge is 1.00 e. The Morgan fingerprint density at radius 3 is 1.14 bits per heavy atom. The molecule has 0 amide bonds. The van der Waals surface area contributed by atoms with Gasteiger partial charge in [-0.05, 0) is 37.5 Å². The third-order valence-electron chi connectivity index (χ3n) is 9.86. The van der Waals surface area contributed by atoms with Crippen molar-refractivity contribution in [2.75, 3.05) is 24.6 Å². The summed E-state index contributed by atoms with van der Waals surface area (Å²) in [5.41, 5.74) is 2.84. The first-order valence-corrected chi connectivity index (χ1v) is 24.2. The van der Waals surface area contributed by atoms with E-state index in [1.807, 2.05) is 0 Å². The molecule has 0 saturated carbocycles. The van der Waals surface area contributed by atoms with Crippen LogP contribution in [0.5, 0.6) is 0 Å². The quantitative estimate of drug-likeness (QED) is 0.0777. The van der Waals surface area contributed by atoms with Crippen molar-refractivity contribution in [2.45, 2.75) is 120 Å². The minimum absolute atomic E-state index is 0. The van der Waals surface area contributed by atoms with Crippen LogP contribution in [-0.4, -0.2) is 24.6 Å². The summed E-state index contributed by atoms with van der Waals surface area (Å²) in [6, 6.07) is 27.1. The van der Waals surface area contributed by atoms with E-state index in [1.54, 1.807) is 10.6 Å². The molecule has 0 radical (unpaired) electrons. The van der Waals surface area contributed by atoms with Gasteiger partial charge in [-0.1, -0.05) is 134 Å². The zero-order valence-corrected chi connectivity index (χ0v) is 44.2. The van der Waals surface area contributed by atoms with Crippen LogP contribution in [0.1, 0.15) is 120 Å². The van der Waals surface area contributed by atoms with E-state index in [4.69, 9.17) is 0 Å². The van der Waals surface area contributed by atoms with Crippen molar-refractivity contribution in [3.05, 3.63) is 120 Å². The third-order valence-corrected chi connectivity index (χ3v) is 15.8. The van der Waals surface area contributed by atoms with Crippen LogP contribution >= 0.6 is 15.8 Å². The summed E-state index contributed by atoms with van der Waals surface area (Å²) in [5.74, 6) is 1.45. The van der Waals surface area contributed by atoms with E-state index >= 15 is 0 Å². The molecular formula is C50H70Cl2P2Zr2-2. The Morgan fingerprint density at radius 1 is 0.536 bits per heavy atom. The maximum absolute atomic E-state index is 3.35. The minimum Gasteiger partial charge on any atom is -1.00 e. The molecule has 6 heteroatoms. The molecule has 4 aromatic rings. The van der Waals surface area contributed by atoms with Crippen molar-refractivity contribution in [3.63, 3.8) is 0 Å². The first-order chi connectivity index (χ1) is 25.4. The van der Waals surface area contributed by atoms with E-state index in [1.165, 1.54) is 109 Å². The van der Waals surface area contributed by atoms with E-state index < -0.39 is 0 Å². The second-order valence-corrected chi connectivity index (χ2v) is 19.5. The van der Waals surface area contributed by atoms with Gasteiger partial charge in [-0.25, -0.2) is 23.3 Å². The Balaban J connectivity index is 0. The second kappa shape index (κ2) is 34.5. The number of hydrogen-bond donors (Lipinski definition) is 0. The fourth-order valence-electron chi connectivity index (χ4n) is 7.15. The van der Waals surface area contributed by atoms with Crippen LogP contribution in [0.3, 0.4) is 0 Å². The van der Waals surface area contributed by atoms with Crippen molar-refractivity contribution in [1.82, 2.24) is 0 Å². The van der Waals surface area contributed by atoms with Crippen LogP contribution in [0.2, 0.25) is 0 Å². The van der Waals surface area contributed by atoms with Crippen LogP contribution in [-0.2, 0) is 52.4 Å². The molecule has 2 atom stereocenters. The summed E-state index contributed by atoms with van der Waals surface area (Å²) in [7, 11) is 0.194. The van der Waals surface area contributed by atoms with E-state index in [2.05, 4.69) is 165 Å². The average Bonchev–Trinajstić information content (AvgIpc) is 3.99. The number of rotatable bonds is 16. The van der Waals surface area contributed by atoms with Crippen LogP contribution in [0.25, 0.3) is 21.5 Å². The molecule has 2 unspecified atom stereocenters. The average molecular weight is 986 g/mol. The van der Waals surface area contributed by atoms with E-state index in [9.17, 15) is 0 Å². The molecule has 0 fully saturated rings. The Hall–Kier alpha value is -0.174. The van der Waals surface area contributed by atoms with Gasteiger partial charge in [-0.3, -0.25) is 12.2 Å².